The molecule has 1 amide bonds. The highest BCUT2D eigenvalue weighted by Gasteiger charge is 2.14. The van der Waals surface area contributed by atoms with Gasteiger partial charge in [-0.1, -0.05) is 23.2 Å². The lowest BCUT2D eigenvalue weighted by molar-refractivity contribution is -0.118. The molecule has 8 heteroatoms. The number of nitrogens with one attached hydrogen (secondary N) is 1. The predicted octanol–water partition coefficient (Wildman–Crippen LogP) is 4.98. The number of amides is 1. The van der Waals surface area contributed by atoms with Crippen LogP contribution in [0, 0.1) is 0 Å². The molecule has 0 aromatic heterocycles. The van der Waals surface area contributed by atoms with Crippen LogP contribution in [0.2, 0.25) is 10.0 Å². The number of anilines is 1. The molecular formula is C17H14BrCl2NO4. The minimum absolute atomic E-state index is 0.251. The number of rotatable bonds is 7. The van der Waals surface area contributed by atoms with Gasteiger partial charge in [-0.15, -0.1) is 0 Å². The van der Waals surface area contributed by atoms with Gasteiger partial charge in [0.1, 0.15) is 6.29 Å². The predicted molar refractivity (Wildman–Crippen MR) is 101 cm³/mol. The summed E-state index contributed by atoms with van der Waals surface area (Å²) in [6.45, 7) is 1.95. The summed E-state index contributed by atoms with van der Waals surface area (Å²) in [7, 11) is 0. The first-order chi connectivity index (χ1) is 11.9. The van der Waals surface area contributed by atoms with E-state index in [-0.39, 0.29) is 12.5 Å². The molecule has 0 aliphatic heterocycles. The Morgan fingerprint density at radius 1 is 1.20 bits per heavy atom. The summed E-state index contributed by atoms with van der Waals surface area (Å²) in [5, 5.41) is 3.39. The lowest BCUT2D eigenvalue weighted by Crippen LogP contribution is -2.20. The highest BCUT2D eigenvalue weighted by atomic mass is 79.9. The standard InChI is InChI=1S/C17H14BrCl2NO4/c1-2-24-15-6-10(8-22)5-12(18)17(15)25-9-16(23)21-11-3-4-13(19)14(20)7-11/h3-8H,2,9H2,1H3,(H,21,23). The van der Waals surface area contributed by atoms with Crippen molar-refractivity contribution in [2.75, 3.05) is 18.5 Å². The van der Waals surface area contributed by atoms with Crippen LogP contribution in [0.25, 0.3) is 0 Å². The fourth-order valence-corrected chi connectivity index (χ4v) is 2.84. The van der Waals surface area contributed by atoms with E-state index >= 15 is 0 Å². The summed E-state index contributed by atoms with van der Waals surface area (Å²) in [6, 6.07) is 7.90. The Balaban J connectivity index is 2.08. The summed E-state index contributed by atoms with van der Waals surface area (Å²) < 4.78 is 11.5. The van der Waals surface area contributed by atoms with Gasteiger partial charge < -0.3 is 14.8 Å². The van der Waals surface area contributed by atoms with E-state index in [1.165, 1.54) is 0 Å². The zero-order valence-electron chi connectivity index (χ0n) is 13.1. The molecule has 132 valence electrons. The fraction of sp³-hybridized carbons (Fsp3) is 0.176. The van der Waals surface area contributed by atoms with Gasteiger partial charge >= 0.3 is 0 Å². The van der Waals surface area contributed by atoms with Gasteiger partial charge in [-0.2, -0.15) is 0 Å². The molecule has 0 heterocycles. The topological polar surface area (TPSA) is 64.6 Å². The van der Waals surface area contributed by atoms with Crippen LogP contribution in [0.3, 0.4) is 0 Å². The molecule has 2 aromatic carbocycles. The molecule has 0 aliphatic rings. The molecule has 0 bridgehead atoms. The normalized spacial score (nSPS) is 10.2. The van der Waals surface area contributed by atoms with Crippen molar-refractivity contribution < 1.29 is 19.1 Å². The Morgan fingerprint density at radius 2 is 1.96 bits per heavy atom. The van der Waals surface area contributed by atoms with Crippen molar-refractivity contribution in [1.82, 2.24) is 0 Å². The largest absolute Gasteiger partial charge is 0.490 e. The monoisotopic (exact) mass is 445 g/mol. The second kappa shape index (κ2) is 9.08. The second-order valence-corrected chi connectivity index (χ2v) is 6.52. The first kappa shape index (κ1) is 19.6. The highest BCUT2D eigenvalue weighted by molar-refractivity contribution is 9.10. The number of aldehydes is 1. The molecule has 0 spiro atoms. The molecule has 0 atom stereocenters. The third-order valence-corrected chi connectivity index (χ3v) is 4.35. The van der Waals surface area contributed by atoms with Gasteiger partial charge in [-0.3, -0.25) is 9.59 Å². The number of halogens is 3. The lowest BCUT2D eigenvalue weighted by atomic mass is 10.2. The Labute approximate surface area is 163 Å². The maximum absolute atomic E-state index is 12.1. The van der Waals surface area contributed by atoms with Crippen LogP contribution in [0.15, 0.2) is 34.8 Å². The summed E-state index contributed by atoms with van der Waals surface area (Å²) in [6.07, 6.45) is 0.702. The molecule has 0 fully saturated rings. The maximum Gasteiger partial charge on any atom is 0.262 e. The first-order valence-corrected chi connectivity index (χ1v) is 8.78. The van der Waals surface area contributed by atoms with Crippen LogP contribution in [0.5, 0.6) is 11.5 Å². The van der Waals surface area contributed by atoms with E-state index < -0.39 is 0 Å². The second-order valence-electron chi connectivity index (χ2n) is 4.85. The average Bonchev–Trinajstić information content (AvgIpc) is 2.57. The van der Waals surface area contributed by atoms with E-state index in [1.54, 1.807) is 30.3 Å². The summed E-state index contributed by atoms with van der Waals surface area (Å²) in [4.78, 5) is 23.0. The van der Waals surface area contributed by atoms with E-state index in [2.05, 4.69) is 21.2 Å². The van der Waals surface area contributed by atoms with Crippen LogP contribution in [0.4, 0.5) is 5.69 Å². The molecule has 2 aromatic rings. The van der Waals surface area contributed by atoms with Crippen molar-refractivity contribution >= 4 is 57.0 Å². The Bertz CT molecular complexity index is 798. The van der Waals surface area contributed by atoms with Crippen molar-refractivity contribution in [2.24, 2.45) is 0 Å². The molecule has 0 saturated carbocycles. The number of carbonyl (C=O) groups is 2. The first-order valence-electron chi connectivity index (χ1n) is 7.23. The van der Waals surface area contributed by atoms with Gasteiger partial charge in [-0.05, 0) is 53.2 Å². The van der Waals surface area contributed by atoms with Crippen LogP contribution in [-0.2, 0) is 4.79 Å². The van der Waals surface area contributed by atoms with E-state index in [0.29, 0.717) is 50.2 Å². The molecule has 2 rings (SSSR count). The summed E-state index contributed by atoms with van der Waals surface area (Å²) in [5.41, 5.74) is 0.936. The molecule has 0 aliphatic carbocycles. The third-order valence-electron chi connectivity index (χ3n) is 3.02. The number of hydrogen-bond donors (Lipinski definition) is 1. The van der Waals surface area contributed by atoms with Crippen LogP contribution < -0.4 is 14.8 Å². The lowest BCUT2D eigenvalue weighted by Gasteiger charge is -2.14. The number of hydrogen-bond acceptors (Lipinski definition) is 4. The Hall–Kier alpha value is -1.76. The van der Waals surface area contributed by atoms with Gasteiger partial charge in [0.05, 0.1) is 21.1 Å². The van der Waals surface area contributed by atoms with Crippen molar-refractivity contribution in [3.8, 4) is 11.5 Å². The van der Waals surface area contributed by atoms with Crippen molar-refractivity contribution in [2.45, 2.75) is 6.92 Å². The Morgan fingerprint density at radius 3 is 2.60 bits per heavy atom. The zero-order valence-corrected chi connectivity index (χ0v) is 16.2. The Kier molecular flexibility index (Phi) is 7.11. The van der Waals surface area contributed by atoms with Crippen molar-refractivity contribution in [3.05, 3.63) is 50.4 Å². The summed E-state index contributed by atoms with van der Waals surface area (Å²) >= 11 is 15.1. The minimum Gasteiger partial charge on any atom is -0.490 e. The van der Waals surface area contributed by atoms with E-state index in [4.69, 9.17) is 32.7 Å². The van der Waals surface area contributed by atoms with Gasteiger partial charge in [-0.25, -0.2) is 0 Å². The smallest absolute Gasteiger partial charge is 0.262 e. The number of ether oxygens (including phenoxy) is 2. The van der Waals surface area contributed by atoms with E-state index in [1.807, 2.05) is 6.92 Å². The van der Waals surface area contributed by atoms with E-state index in [0.717, 1.165) is 0 Å². The highest BCUT2D eigenvalue weighted by Crippen LogP contribution is 2.36. The summed E-state index contributed by atoms with van der Waals surface area (Å²) in [5.74, 6) is 0.338. The van der Waals surface area contributed by atoms with Crippen LogP contribution in [-0.4, -0.2) is 25.4 Å². The molecule has 0 radical (unpaired) electrons. The minimum atomic E-state index is -0.382. The fourth-order valence-electron chi connectivity index (χ4n) is 1.97. The van der Waals surface area contributed by atoms with Crippen molar-refractivity contribution in [1.29, 1.82) is 0 Å². The van der Waals surface area contributed by atoms with Gasteiger partial charge in [0.2, 0.25) is 0 Å². The van der Waals surface area contributed by atoms with Gasteiger partial charge in [0.25, 0.3) is 5.91 Å². The molecule has 0 saturated heterocycles. The molecule has 25 heavy (non-hydrogen) atoms. The molecule has 0 unspecified atom stereocenters. The third kappa shape index (κ3) is 5.36. The molecule has 5 nitrogen and oxygen atoms in total. The molecular weight excluding hydrogens is 433 g/mol. The van der Waals surface area contributed by atoms with Crippen LogP contribution in [0.1, 0.15) is 17.3 Å². The average molecular weight is 447 g/mol. The SMILES string of the molecule is CCOc1cc(C=O)cc(Br)c1OCC(=O)Nc1ccc(Cl)c(Cl)c1. The molecule has 1 N–H and O–H groups in total. The van der Waals surface area contributed by atoms with E-state index in [9.17, 15) is 9.59 Å². The number of benzene rings is 2. The maximum atomic E-state index is 12.1. The van der Waals surface area contributed by atoms with Gasteiger partial charge in [0.15, 0.2) is 18.1 Å². The zero-order chi connectivity index (χ0) is 18.4. The number of carbonyl (C=O) groups excluding carboxylic acids is 2. The quantitative estimate of drug-likeness (QED) is 0.608. The van der Waals surface area contributed by atoms with Gasteiger partial charge in [0, 0.05) is 11.3 Å². The van der Waals surface area contributed by atoms with Crippen LogP contribution >= 0.6 is 39.1 Å². The van der Waals surface area contributed by atoms with Crippen molar-refractivity contribution in [3.63, 3.8) is 0 Å².